The molecule has 0 aromatic carbocycles. The molecule has 2 rings (SSSR count). The number of anilines is 1. The van der Waals surface area contributed by atoms with Crippen LogP contribution < -0.4 is 10.6 Å². The second kappa shape index (κ2) is 6.17. The number of nitrogens with zero attached hydrogens (tertiary/aromatic N) is 2. The van der Waals surface area contributed by atoms with Gasteiger partial charge in [-0.2, -0.15) is 0 Å². The van der Waals surface area contributed by atoms with Crippen LogP contribution in [0.3, 0.4) is 0 Å². The summed E-state index contributed by atoms with van der Waals surface area (Å²) in [5.41, 5.74) is 6.56. The summed E-state index contributed by atoms with van der Waals surface area (Å²) in [5, 5.41) is 0.851. The van der Waals surface area contributed by atoms with Crippen LogP contribution in [-0.2, 0) is 27.7 Å². The molecule has 0 atom stereocenters. The molecule has 1 aliphatic heterocycles. The number of hydrogen-bond donors (Lipinski definition) is 1. The van der Waals surface area contributed by atoms with E-state index in [9.17, 15) is 8.42 Å². The van der Waals surface area contributed by atoms with Crippen LogP contribution in [-0.4, -0.2) is 45.1 Å². The van der Waals surface area contributed by atoms with Gasteiger partial charge in [-0.25, -0.2) is 13.4 Å². The number of sulfone groups is 1. The number of rotatable bonds is 4. The van der Waals surface area contributed by atoms with Gasteiger partial charge in [-0.3, -0.25) is 0 Å². The molecule has 0 aliphatic carbocycles. The van der Waals surface area contributed by atoms with Crippen molar-refractivity contribution in [3.63, 3.8) is 0 Å². The number of nitrogens with two attached hydrogens (primary N) is 1. The quantitative estimate of drug-likeness (QED) is 0.865. The summed E-state index contributed by atoms with van der Waals surface area (Å²) in [6.45, 7) is 2.10. The van der Waals surface area contributed by atoms with Crippen molar-refractivity contribution in [3.05, 3.63) is 10.6 Å². The Bertz CT molecular complexity index is 527. The molecule has 108 valence electrons. The molecular weight excluding hydrogens is 286 g/mol. The Balaban J connectivity index is 2.17. The highest BCUT2D eigenvalue weighted by Gasteiger charge is 2.22. The van der Waals surface area contributed by atoms with Gasteiger partial charge in [-0.05, 0) is 6.42 Å². The minimum atomic E-state index is -2.89. The lowest BCUT2D eigenvalue weighted by atomic mass is 10.4. The highest BCUT2D eigenvalue weighted by Crippen LogP contribution is 2.27. The molecule has 0 amide bonds. The number of methoxy groups -OCH3 is 1. The average Bonchev–Trinajstić information content (AvgIpc) is 2.67. The third-order valence-electron chi connectivity index (χ3n) is 3.06. The summed E-state index contributed by atoms with van der Waals surface area (Å²) >= 11 is 1.53. The van der Waals surface area contributed by atoms with Gasteiger partial charge in [0, 0.05) is 31.6 Å². The van der Waals surface area contributed by atoms with E-state index in [0.717, 1.165) is 22.2 Å². The Kier molecular flexibility index (Phi) is 4.77. The van der Waals surface area contributed by atoms with Crippen LogP contribution in [0.15, 0.2) is 0 Å². The van der Waals surface area contributed by atoms with Crippen LogP contribution >= 0.6 is 11.3 Å². The third kappa shape index (κ3) is 3.65. The van der Waals surface area contributed by atoms with Crippen molar-refractivity contribution in [2.24, 2.45) is 5.73 Å². The summed E-state index contributed by atoms with van der Waals surface area (Å²) in [6.07, 6.45) is 0.652. The lowest BCUT2D eigenvalue weighted by molar-refractivity contribution is 0.181. The first kappa shape index (κ1) is 14.7. The first-order chi connectivity index (χ1) is 9.05. The number of aromatic nitrogens is 1. The summed E-state index contributed by atoms with van der Waals surface area (Å²) in [7, 11) is -1.27. The van der Waals surface area contributed by atoms with Crippen molar-refractivity contribution in [1.29, 1.82) is 0 Å². The number of thiazole rings is 1. The molecule has 0 radical (unpaired) electrons. The Morgan fingerprint density at radius 1 is 1.42 bits per heavy atom. The Hall–Kier alpha value is -0.700. The van der Waals surface area contributed by atoms with Crippen molar-refractivity contribution in [3.8, 4) is 0 Å². The van der Waals surface area contributed by atoms with Gasteiger partial charge in [0.15, 0.2) is 15.0 Å². The molecule has 1 aliphatic rings. The van der Waals surface area contributed by atoms with Crippen LogP contribution in [0.1, 0.15) is 17.0 Å². The van der Waals surface area contributed by atoms with Crippen molar-refractivity contribution in [2.75, 3.05) is 36.6 Å². The van der Waals surface area contributed by atoms with E-state index >= 15 is 0 Å². The third-order valence-corrected chi connectivity index (χ3v) is 5.96. The van der Waals surface area contributed by atoms with Gasteiger partial charge in [0.25, 0.3) is 0 Å². The predicted molar refractivity (Wildman–Crippen MR) is 76.2 cm³/mol. The van der Waals surface area contributed by atoms with Gasteiger partial charge in [0.05, 0.1) is 23.8 Å². The maximum Gasteiger partial charge on any atom is 0.185 e. The van der Waals surface area contributed by atoms with Gasteiger partial charge in [-0.1, -0.05) is 0 Å². The summed E-state index contributed by atoms with van der Waals surface area (Å²) in [5.74, 6) is 0.466. The lowest BCUT2D eigenvalue weighted by Crippen LogP contribution is -2.26. The normalized spacial score (nSPS) is 19.4. The van der Waals surface area contributed by atoms with E-state index in [1.165, 1.54) is 11.3 Å². The average molecular weight is 305 g/mol. The molecule has 1 fully saturated rings. The molecular formula is C11H19N3O3S2. The lowest BCUT2D eigenvalue weighted by Gasteiger charge is -2.17. The van der Waals surface area contributed by atoms with Crippen molar-refractivity contribution in [1.82, 2.24) is 4.98 Å². The number of hydrogen-bond acceptors (Lipinski definition) is 7. The van der Waals surface area contributed by atoms with Crippen LogP contribution in [0.5, 0.6) is 0 Å². The van der Waals surface area contributed by atoms with Gasteiger partial charge >= 0.3 is 0 Å². The fourth-order valence-corrected chi connectivity index (χ4v) is 4.31. The maximum atomic E-state index is 11.6. The Labute approximate surface area is 117 Å². The smallest absolute Gasteiger partial charge is 0.185 e. The highest BCUT2D eigenvalue weighted by molar-refractivity contribution is 7.91. The molecule has 1 aromatic heterocycles. The van der Waals surface area contributed by atoms with E-state index < -0.39 is 9.84 Å². The van der Waals surface area contributed by atoms with E-state index in [4.69, 9.17) is 10.5 Å². The van der Waals surface area contributed by atoms with Gasteiger partial charge < -0.3 is 15.4 Å². The van der Waals surface area contributed by atoms with E-state index in [-0.39, 0.29) is 11.5 Å². The van der Waals surface area contributed by atoms with E-state index in [1.807, 2.05) is 4.90 Å². The second-order valence-corrected chi connectivity index (χ2v) is 7.86. The SMILES string of the molecule is COCc1nc(N2CCCS(=O)(=O)CC2)sc1CN. The zero-order valence-electron chi connectivity index (χ0n) is 11.0. The molecule has 19 heavy (non-hydrogen) atoms. The van der Waals surface area contributed by atoms with Crippen molar-refractivity contribution < 1.29 is 13.2 Å². The number of ether oxygens (including phenoxy) is 1. The molecule has 0 bridgehead atoms. The van der Waals surface area contributed by atoms with Crippen molar-refractivity contribution >= 4 is 26.3 Å². The zero-order valence-corrected chi connectivity index (χ0v) is 12.6. The first-order valence-corrected chi connectivity index (χ1v) is 8.82. The zero-order chi connectivity index (χ0) is 13.9. The van der Waals surface area contributed by atoms with Gasteiger partial charge in [0.1, 0.15) is 0 Å². The molecule has 1 saturated heterocycles. The van der Waals surface area contributed by atoms with Crippen LogP contribution in [0.4, 0.5) is 5.13 Å². The second-order valence-electron chi connectivity index (χ2n) is 4.50. The molecule has 0 spiro atoms. The maximum absolute atomic E-state index is 11.6. The fourth-order valence-electron chi connectivity index (χ4n) is 2.04. The molecule has 2 N–H and O–H groups in total. The minimum absolute atomic E-state index is 0.199. The van der Waals surface area contributed by atoms with Crippen molar-refractivity contribution in [2.45, 2.75) is 19.6 Å². The van der Waals surface area contributed by atoms with Crippen LogP contribution in [0, 0.1) is 0 Å². The molecule has 8 heteroatoms. The Morgan fingerprint density at radius 3 is 2.89 bits per heavy atom. The predicted octanol–water partition coefficient (Wildman–Crippen LogP) is 0.373. The fraction of sp³-hybridized carbons (Fsp3) is 0.727. The van der Waals surface area contributed by atoms with Crippen LogP contribution in [0.25, 0.3) is 0 Å². The molecule has 1 aromatic rings. The topological polar surface area (TPSA) is 85.5 Å². The minimum Gasteiger partial charge on any atom is -0.378 e. The van der Waals surface area contributed by atoms with Crippen LogP contribution in [0.2, 0.25) is 0 Å². The molecule has 6 nitrogen and oxygen atoms in total. The van der Waals surface area contributed by atoms with Gasteiger partial charge in [-0.15, -0.1) is 11.3 Å². The monoisotopic (exact) mass is 305 g/mol. The Morgan fingerprint density at radius 2 is 2.21 bits per heavy atom. The molecule has 2 heterocycles. The largest absolute Gasteiger partial charge is 0.378 e. The summed E-state index contributed by atoms with van der Waals surface area (Å²) in [6, 6.07) is 0. The standard InChI is InChI=1S/C11H19N3O3S2/c1-17-8-9-10(7-12)18-11(13-9)14-3-2-5-19(15,16)6-4-14/h2-8,12H2,1H3. The van der Waals surface area contributed by atoms with E-state index in [0.29, 0.717) is 26.1 Å². The summed E-state index contributed by atoms with van der Waals surface area (Å²) < 4.78 is 28.3. The first-order valence-electron chi connectivity index (χ1n) is 6.18. The van der Waals surface area contributed by atoms with Gasteiger partial charge in [0.2, 0.25) is 0 Å². The van der Waals surface area contributed by atoms with E-state index in [2.05, 4.69) is 4.98 Å². The summed E-state index contributed by atoms with van der Waals surface area (Å²) in [4.78, 5) is 7.57. The highest BCUT2D eigenvalue weighted by atomic mass is 32.2. The van der Waals surface area contributed by atoms with E-state index in [1.54, 1.807) is 7.11 Å². The molecule has 0 unspecified atom stereocenters. The molecule has 0 saturated carbocycles.